The van der Waals surface area contributed by atoms with Crippen LogP contribution in [0.5, 0.6) is 0 Å². The second-order valence-electron chi connectivity index (χ2n) is 3.54. The van der Waals surface area contributed by atoms with Crippen LogP contribution in [0.3, 0.4) is 0 Å². The van der Waals surface area contributed by atoms with Crippen molar-refractivity contribution in [3.05, 3.63) is 35.4 Å². The number of aromatic nitrogens is 3. The summed E-state index contributed by atoms with van der Waals surface area (Å²) in [4.78, 5) is 8.50. The van der Waals surface area contributed by atoms with Gasteiger partial charge in [-0.2, -0.15) is 4.37 Å². The summed E-state index contributed by atoms with van der Waals surface area (Å²) in [5.41, 5.74) is 6.99. The third-order valence-electron chi connectivity index (χ3n) is 2.26. The summed E-state index contributed by atoms with van der Waals surface area (Å²) >= 11 is 3.00. The molecule has 18 heavy (non-hydrogen) atoms. The highest BCUT2D eigenvalue weighted by atomic mass is 32.2. The van der Waals surface area contributed by atoms with Crippen molar-refractivity contribution in [3.8, 4) is 0 Å². The summed E-state index contributed by atoms with van der Waals surface area (Å²) in [5.74, 6) is 1.57. The summed E-state index contributed by atoms with van der Waals surface area (Å²) in [6.07, 6.45) is 2.49. The van der Waals surface area contributed by atoms with E-state index in [9.17, 15) is 0 Å². The number of hydrogen-bond acceptors (Lipinski definition) is 6. The van der Waals surface area contributed by atoms with Crippen LogP contribution in [0.15, 0.2) is 22.7 Å². The zero-order valence-corrected chi connectivity index (χ0v) is 11.5. The predicted octanol–water partition coefficient (Wildman–Crippen LogP) is 2.07. The SMILES string of the molecule is CCc1nsc(SCc2cccnc2C(=N)N)n1. The van der Waals surface area contributed by atoms with Gasteiger partial charge in [0.15, 0.2) is 4.34 Å². The van der Waals surface area contributed by atoms with E-state index in [1.165, 1.54) is 11.5 Å². The zero-order chi connectivity index (χ0) is 13.0. The smallest absolute Gasteiger partial charge is 0.170 e. The van der Waals surface area contributed by atoms with E-state index >= 15 is 0 Å². The number of nitrogens with one attached hydrogen (secondary N) is 1. The first-order valence-electron chi connectivity index (χ1n) is 5.44. The third kappa shape index (κ3) is 3.05. The first-order chi connectivity index (χ1) is 8.70. The van der Waals surface area contributed by atoms with E-state index in [0.29, 0.717) is 11.4 Å². The van der Waals surface area contributed by atoms with Gasteiger partial charge in [0.25, 0.3) is 0 Å². The van der Waals surface area contributed by atoms with Crippen molar-refractivity contribution in [2.24, 2.45) is 5.73 Å². The van der Waals surface area contributed by atoms with E-state index in [4.69, 9.17) is 11.1 Å². The molecule has 0 atom stereocenters. The predicted molar refractivity (Wildman–Crippen MR) is 74.1 cm³/mol. The van der Waals surface area contributed by atoms with Crippen molar-refractivity contribution in [2.45, 2.75) is 23.4 Å². The Morgan fingerprint density at radius 1 is 1.56 bits per heavy atom. The molecule has 0 amide bonds. The molecule has 0 bridgehead atoms. The molecule has 0 aliphatic heterocycles. The number of thioether (sulfide) groups is 1. The molecule has 3 N–H and O–H groups in total. The fourth-order valence-electron chi connectivity index (χ4n) is 1.38. The Hall–Kier alpha value is -1.47. The Bertz CT molecular complexity index is 552. The molecule has 7 heteroatoms. The molecular formula is C11H13N5S2. The van der Waals surface area contributed by atoms with Gasteiger partial charge in [-0.1, -0.05) is 24.8 Å². The minimum Gasteiger partial charge on any atom is -0.382 e. The third-order valence-corrected chi connectivity index (χ3v) is 4.18. The quantitative estimate of drug-likeness (QED) is 0.497. The normalized spacial score (nSPS) is 10.5. The van der Waals surface area contributed by atoms with Crippen LogP contribution < -0.4 is 5.73 Å². The maximum absolute atomic E-state index is 7.47. The van der Waals surface area contributed by atoms with Crippen LogP contribution in [0.25, 0.3) is 0 Å². The van der Waals surface area contributed by atoms with Crippen molar-refractivity contribution in [2.75, 3.05) is 0 Å². The lowest BCUT2D eigenvalue weighted by Crippen LogP contribution is -2.15. The lowest BCUT2D eigenvalue weighted by Gasteiger charge is -2.04. The highest BCUT2D eigenvalue weighted by molar-refractivity contribution is 8.00. The topological polar surface area (TPSA) is 88.5 Å². The van der Waals surface area contributed by atoms with E-state index in [0.717, 1.165) is 22.1 Å². The molecule has 94 valence electrons. The molecule has 0 spiro atoms. The Balaban J connectivity index is 2.08. The minimum atomic E-state index is -0.00212. The van der Waals surface area contributed by atoms with Crippen molar-refractivity contribution in [1.29, 1.82) is 5.41 Å². The van der Waals surface area contributed by atoms with Gasteiger partial charge in [0.05, 0.1) is 0 Å². The van der Waals surface area contributed by atoms with Gasteiger partial charge in [0, 0.05) is 18.4 Å². The molecule has 0 saturated carbocycles. The number of nitrogens with two attached hydrogens (primary N) is 1. The minimum absolute atomic E-state index is 0.00212. The van der Waals surface area contributed by atoms with Crippen LogP contribution in [0.4, 0.5) is 0 Å². The van der Waals surface area contributed by atoms with Crippen molar-refractivity contribution in [3.63, 3.8) is 0 Å². The first kappa shape index (κ1) is 13.0. The maximum atomic E-state index is 7.47. The van der Waals surface area contributed by atoms with Gasteiger partial charge in [-0.05, 0) is 23.2 Å². The molecule has 0 fully saturated rings. The number of amidine groups is 1. The zero-order valence-electron chi connectivity index (χ0n) is 9.88. The van der Waals surface area contributed by atoms with Gasteiger partial charge in [-0.3, -0.25) is 10.4 Å². The Labute approximate surface area is 114 Å². The van der Waals surface area contributed by atoms with E-state index < -0.39 is 0 Å². The fraction of sp³-hybridized carbons (Fsp3) is 0.273. The van der Waals surface area contributed by atoms with E-state index in [1.807, 2.05) is 19.1 Å². The average Bonchev–Trinajstić information content (AvgIpc) is 2.84. The monoisotopic (exact) mass is 279 g/mol. The number of nitrogens with zero attached hydrogens (tertiary/aromatic N) is 3. The van der Waals surface area contributed by atoms with Crippen molar-refractivity contribution < 1.29 is 0 Å². The first-order valence-corrected chi connectivity index (χ1v) is 7.20. The largest absolute Gasteiger partial charge is 0.382 e. The molecule has 0 aliphatic carbocycles. The van der Waals surface area contributed by atoms with Gasteiger partial charge in [0.1, 0.15) is 17.4 Å². The standard InChI is InChI=1S/C11H13N5S2/c1-2-8-15-11(18-16-8)17-6-7-4-3-5-14-9(7)10(12)13/h3-5H,2,6H2,1H3,(H3,12,13). The molecule has 0 saturated heterocycles. The molecule has 0 unspecified atom stereocenters. The molecule has 2 rings (SSSR count). The fourth-order valence-corrected chi connectivity index (χ4v) is 3.06. The molecule has 2 aromatic heterocycles. The van der Waals surface area contributed by atoms with E-state index in [2.05, 4.69) is 14.3 Å². The van der Waals surface area contributed by atoms with Crippen molar-refractivity contribution in [1.82, 2.24) is 14.3 Å². The number of hydrogen-bond donors (Lipinski definition) is 2. The molecule has 0 aromatic carbocycles. The molecule has 2 aromatic rings. The summed E-state index contributed by atoms with van der Waals surface area (Å²) in [7, 11) is 0. The number of rotatable bonds is 5. The van der Waals surface area contributed by atoms with Crippen LogP contribution in [0, 0.1) is 5.41 Å². The lowest BCUT2D eigenvalue weighted by atomic mass is 10.2. The average molecular weight is 279 g/mol. The lowest BCUT2D eigenvalue weighted by molar-refractivity contribution is 0.971. The van der Waals surface area contributed by atoms with Crippen LogP contribution in [-0.4, -0.2) is 20.2 Å². The van der Waals surface area contributed by atoms with Gasteiger partial charge >= 0.3 is 0 Å². The Kier molecular flexibility index (Phi) is 4.27. The molecule has 0 aliphatic rings. The Morgan fingerprint density at radius 3 is 3.06 bits per heavy atom. The second kappa shape index (κ2) is 5.92. The summed E-state index contributed by atoms with van der Waals surface area (Å²) in [6, 6.07) is 3.78. The second-order valence-corrected chi connectivity index (χ2v) is 5.52. The van der Waals surface area contributed by atoms with Gasteiger partial charge in [0.2, 0.25) is 0 Å². The van der Waals surface area contributed by atoms with Crippen LogP contribution in [-0.2, 0) is 12.2 Å². The van der Waals surface area contributed by atoms with Crippen LogP contribution in [0.2, 0.25) is 0 Å². The molecule has 5 nitrogen and oxygen atoms in total. The van der Waals surface area contributed by atoms with Crippen LogP contribution >= 0.6 is 23.3 Å². The highest BCUT2D eigenvalue weighted by Crippen LogP contribution is 2.25. The molecular weight excluding hydrogens is 266 g/mol. The number of aryl methyl sites for hydroxylation is 1. The summed E-state index contributed by atoms with van der Waals surface area (Å²) in [5, 5.41) is 7.47. The highest BCUT2D eigenvalue weighted by Gasteiger charge is 2.08. The Morgan fingerprint density at radius 2 is 2.39 bits per heavy atom. The van der Waals surface area contributed by atoms with E-state index in [1.54, 1.807) is 18.0 Å². The molecule has 2 heterocycles. The summed E-state index contributed by atoms with van der Waals surface area (Å²) < 4.78 is 5.17. The van der Waals surface area contributed by atoms with Gasteiger partial charge in [-0.15, -0.1) is 0 Å². The molecule has 0 radical (unpaired) electrons. The van der Waals surface area contributed by atoms with Gasteiger partial charge < -0.3 is 5.73 Å². The maximum Gasteiger partial charge on any atom is 0.170 e. The number of pyridine rings is 1. The van der Waals surface area contributed by atoms with Gasteiger partial charge in [-0.25, -0.2) is 4.98 Å². The number of nitrogen functional groups attached to an aromatic ring is 1. The summed E-state index contributed by atoms with van der Waals surface area (Å²) in [6.45, 7) is 2.03. The van der Waals surface area contributed by atoms with E-state index in [-0.39, 0.29) is 5.84 Å². The van der Waals surface area contributed by atoms with Crippen molar-refractivity contribution >= 4 is 29.1 Å². The van der Waals surface area contributed by atoms with Crippen LogP contribution in [0.1, 0.15) is 24.0 Å².